The summed E-state index contributed by atoms with van der Waals surface area (Å²) in [6, 6.07) is 7.53. The Kier molecular flexibility index (Phi) is 8.45. The number of aromatic amines is 1. The second kappa shape index (κ2) is 11.0. The van der Waals surface area contributed by atoms with Gasteiger partial charge in [0.25, 0.3) is 0 Å². The highest BCUT2D eigenvalue weighted by Crippen LogP contribution is 2.19. The molecule has 0 fully saturated rings. The van der Waals surface area contributed by atoms with Crippen LogP contribution in [0.25, 0.3) is 11.4 Å². The van der Waals surface area contributed by atoms with Crippen molar-refractivity contribution in [1.82, 2.24) is 31.1 Å². The highest BCUT2D eigenvalue weighted by atomic mass is 16.6. The fraction of sp³-hybridized carbons (Fsp3) is 0.500. The van der Waals surface area contributed by atoms with Crippen LogP contribution in [-0.2, 0) is 11.3 Å². The molecule has 1 aromatic heterocycles. The van der Waals surface area contributed by atoms with Crippen molar-refractivity contribution in [3.8, 4) is 17.1 Å². The van der Waals surface area contributed by atoms with Gasteiger partial charge in [-0.15, -0.1) is 0 Å². The number of aromatic nitrogens is 3. The Morgan fingerprint density at radius 3 is 2.47 bits per heavy atom. The summed E-state index contributed by atoms with van der Waals surface area (Å²) in [5, 5.41) is 16.1. The van der Waals surface area contributed by atoms with Crippen LogP contribution in [-0.4, -0.2) is 59.6 Å². The number of amides is 1. The zero-order valence-electron chi connectivity index (χ0n) is 18.2. The van der Waals surface area contributed by atoms with Crippen molar-refractivity contribution in [3.63, 3.8) is 0 Å². The molecule has 0 aliphatic heterocycles. The van der Waals surface area contributed by atoms with Crippen LogP contribution < -0.4 is 20.7 Å². The summed E-state index contributed by atoms with van der Waals surface area (Å²) in [4.78, 5) is 20.6. The van der Waals surface area contributed by atoms with E-state index in [1.54, 1.807) is 7.11 Å². The third-order valence-electron chi connectivity index (χ3n) is 3.70. The first kappa shape index (κ1) is 23.0. The fourth-order valence-electron chi connectivity index (χ4n) is 2.39. The molecule has 10 heteroatoms. The van der Waals surface area contributed by atoms with Crippen molar-refractivity contribution < 1.29 is 14.3 Å². The number of alkyl carbamates (subject to hydrolysis) is 1. The van der Waals surface area contributed by atoms with E-state index in [9.17, 15) is 4.79 Å². The predicted molar refractivity (Wildman–Crippen MR) is 115 cm³/mol. The molecule has 30 heavy (non-hydrogen) atoms. The van der Waals surface area contributed by atoms with Crippen LogP contribution in [0.4, 0.5) is 4.79 Å². The first-order valence-electron chi connectivity index (χ1n) is 9.85. The molecule has 2 aromatic rings. The van der Waals surface area contributed by atoms with E-state index in [1.165, 1.54) is 0 Å². The number of nitrogens with zero attached hydrogens (tertiary/aromatic N) is 3. The molecule has 10 nitrogen and oxygen atoms in total. The van der Waals surface area contributed by atoms with E-state index in [0.717, 1.165) is 11.3 Å². The SMILES string of the molecule is CCNC(=NCc1nc(-c2ccc(OC)cc2)n[nH]1)NCCNC(=O)OC(C)(C)C. The number of hydrogen-bond donors (Lipinski definition) is 4. The fourth-order valence-corrected chi connectivity index (χ4v) is 2.39. The smallest absolute Gasteiger partial charge is 0.407 e. The molecule has 0 saturated heterocycles. The van der Waals surface area contributed by atoms with Crippen LogP contribution in [0.2, 0.25) is 0 Å². The number of guanidine groups is 1. The third-order valence-corrected chi connectivity index (χ3v) is 3.70. The molecule has 1 heterocycles. The van der Waals surface area contributed by atoms with Crippen LogP contribution in [0, 0.1) is 0 Å². The predicted octanol–water partition coefficient (Wildman–Crippen LogP) is 2.06. The molecule has 0 atom stereocenters. The van der Waals surface area contributed by atoms with Gasteiger partial charge in [0.2, 0.25) is 0 Å². The molecule has 0 spiro atoms. The quantitative estimate of drug-likeness (QED) is 0.294. The van der Waals surface area contributed by atoms with E-state index in [1.807, 2.05) is 52.0 Å². The maximum Gasteiger partial charge on any atom is 0.407 e. The molecule has 0 bridgehead atoms. The zero-order valence-corrected chi connectivity index (χ0v) is 18.2. The van der Waals surface area contributed by atoms with E-state index in [2.05, 4.69) is 36.1 Å². The molecule has 2 rings (SSSR count). The summed E-state index contributed by atoms with van der Waals surface area (Å²) in [6.07, 6.45) is -0.445. The Morgan fingerprint density at radius 1 is 1.13 bits per heavy atom. The van der Waals surface area contributed by atoms with Gasteiger partial charge >= 0.3 is 6.09 Å². The zero-order chi connectivity index (χ0) is 22.0. The molecular formula is C20H31N7O3. The molecule has 0 aliphatic carbocycles. The van der Waals surface area contributed by atoms with Crippen LogP contribution in [0.5, 0.6) is 5.75 Å². The summed E-state index contributed by atoms with van der Waals surface area (Å²) in [5.41, 5.74) is 0.371. The number of H-pyrrole nitrogens is 1. The lowest BCUT2D eigenvalue weighted by atomic mass is 10.2. The van der Waals surface area contributed by atoms with Crippen LogP contribution in [0.15, 0.2) is 29.3 Å². The number of rotatable bonds is 8. The van der Waals surface area contributed by atoms with Gasteiger partial charge in [-0.05, 0) is 52.0 Å². The lowest BCUT2D eigenvalue weighted by Crippen LogP contribution is -2.42. The Hall–Kier alpha value is -3.30. The van der Waals surface area contributed by atoms with Gasteiger partial charge in [0.1, 0.15) is 23.7 Å². The second-order valence-corrected chi connectivity index (χ2v) is 7.38. The Labute approximate surface area is 176 Å². The topological polar surface area (TPSA) is 126 Å². The van der Waals surface area contributed by atoms with Gasteiger partial charge in [-0.2, -0.15) is 5.10 Å². The van der Waals surface area contributed by atoms with Crippen LogP contribution in [0.3, 0.4) is 0 Å². The van der Waals surface area contributed by atoms with Crippen molar-refractivity contribution in [2.24, 2.45) is 4.99 Å². The maximum absolute atomic E-state index is 11.7. The number of benzene rings is 1. The van der Waals surface area contributed by atoms with Crippen LogP contribution >= 0.6 is 0 Å². The number of carbonyl (C=O) groups is 1. The van der Waals surface area contributed by atoms with Crippen molar-refractivity contribution in [3.05, 3.63) is 30.1 Å². The number of hydrogen-bond acceptors (Lipinski definition) is 6. The minimum atomic E-state index is -0.518. The summed E-state index contributed by atoms with van der Waals surface area (Å²) >= 11 is 0. The van der Waals surface area contributed by atoms with Gasteiger partial charge in [-0.25, -0.2) is 14.8 Å². The van der Waals surface area contributed by atoms with Crippen molar-refractivity contribution in [2.75, 3.05) is 26.7 Å². The molecule has 4 N–H and O–H groups in total. The van der Waals surface area contributed by atoms with E-state index in [0.29, 0.717) is 43.8 Å². The van der Waals surface area contributed by atoms with Gasteiger partial charge in [-0.3, -0.25) is 5.10 Å². The monoisotopic (exact) mass is 417 g/mol. The standard InChI is InChI=1S/C20H31N7O3/c1-6-21-18(22-11-12-23-19(28)30-20(2,3)4)24-13-16-25-17(27-26-16)14-7-9-15(29-5)10-8-14/h7-10H,6,11-13H2,1-5H3,(H,23,28)(H2,21,22,24)(H,25,26,27). The van der Waals surface area contributed by atoms with Gasteiger partial charge < -0.3 is 25.4 Å². The van der Waals surface area contributed by atoms with E-state index in [-0.39, 0.29) is 0 Å². The van der Waals surface area contributed by atoms with E-state index >= 15 is 0 Å². The first-order chi connectivity index (χ1) is 14.3. The first-order valence-corrected chi connectivity index (χ1v) is 9.85. The van der Waals surface area contributed by atoms with Gasteiger partial charge in [-0.1, -0.05) is 0 Å². The molecule has 0 unspecified atom stereocenters. The molecule has 0 aliphatic rings. The molecule has 1 amide bonds. The minimum absolute atomic E-state index is 0.331. The Balaban J connectivity index is 1.85. The second-order valence-electron chi connectivity index (χ2n) is 7.38. The Bertz CT molecular complexity index is 826. The molecule has 0 saturated carbocycles. The normalized spacial score (nSPS) is 11.7. The summed E-state index contributed by atoms with van der Waals surface area (Å²) in [7, 11) is 1.63. The highest BCUT2D eigenvalue weighted by molar-refractivity contribution is 5.79. The van der Waals surface area contributed by atoms with Crippen molar-refractivity contribution >= 4 is 12.1 Å². The molecular weight excluding hydrogens is 386 g/mol. The summed E-state index contributed by atoms with van der Waals surface area (Å²) in [5.74, 6) is 2.64. The number of methoxy groups -OCH3 is 1. The largest absolute Gasteiger partial charge is 0.497 e. The van der Waals surface area contributed by atoms with Crippen LogP contribution in [0.1, 0.15) is 33.5 Å². The average Bonchev–Trinajstić information content (AvgIpc) is 3.17. The van der Waals surface area contributed by atoms with Crippen molar-refractivity contribution in [2.45, 2.75) is 39.8 Å². The van der Waals surface area contributed by atoms with Crippen molar-refractivity contribution in [1.29, 1.82) is 0 Å². The van der Waals surface area contributed by atoms with E-state index < -0.39 is 11.7 Å². The summed E-state index contributed by atoms with van der Waals surface area (Å²) < 4.78 is 10.4. The third kappa shape index (κ3) is 7.98. The number of carbonyl (C=O) groups excluding carboxylic acids is 1. The van der Waals surface area contributed by atoms with E-state index in [4.69, 9.17) is 9.47 Å². The summed E-state index contributed by atoms with van der Waals surface area (Å²) in [6.45, 7) is 9.39. The number of nitrogens with one attached hydrogen (secondary N) is 4. The Morgan fingerprint density at radius 2 is 1.83 bits per heavy atom. The molecule has 164 valence electrons. The lowest BCUT2D eigenvalue weighted by molar-refractivity contribution is 0.0529. The molecule has 0 radical (unpaired) electrons. The highest BCUT2D eigenvalue weighted by Gasteiger charge is 2.15. The van der Waals surface area contributed by atoms with Gasteiger partial charge in [0.15, 0.2) is 11.8 Å². The van der Waals surface area contributed by atoms with Gasteiger partial charge in [0.05, 0.1) is 7.11 Å². The minimum Gasteiger partial charge on any atom is -0.497 e. The maximum atomic E-state index is 11.7. The lowest BCUT2D eigenvalue weighted by Gasteiger charge is -2.19. The number of aliphatic imine (C=N–C) groups is 1. The number of ether oxygens (including phenoxy) is 2. The molecule has 1 aromatic carbocycles. The van der Waals surface area contributed by atoms with Gasteiger partial charge in [0, 0.05) is 25.2 Å². The average molecular weight is 418 g/mol.